The molecule has 3 heterocycles. The molecule has 2 amide bonds. The first-order chi connectivity index (χ1) is 15.3. The molecule has 182 valence electrons. The van der Waals surface area contributed by atoms with Gasteiger partial charge in [-0.25, -0.2) is 4.98 Å². The van der Waals surface area contributed by atoms with Crippen molar-refractivity contribution in [3.05, 3.63) is 65.9 Å². The number of nitrogens with zero attached hydrogens (tertiary/aromatic N) is 5. The molecule has 1 aromatic carbocycles. The van der Waals surface area contributed by atoms with Gasteiger partial charge in [0.1, 0.15) is 5.69 Å². The van der Waals surface area contributed by atoms with Crippen LogP contribution < -0.4 is 10.2 Å². The minimum atomic E-state index is -4.49. The van der Waals surface area contributed by atoms with Gasteiger partial charge in [-0.1, -0.05) is 14.9 Å². The standard InChI is InChI=1S/C20H17F3N6O3.2CH4/c1-32-11-14-10-28(13-4-2-12(3-5-13)20(21,22)23)19(31)17-15(8-26-29(14)17)18(30)27-16-9-24-6-7-25-16;;/h2-9,14H,10-11H2,1H3,(H,25,27,30);2*1H4. The summed E-state index contributed by atoms with van der Waals surface area (Å²) < 4.78 is 45.4. The number of carbonyl (C=O) groups excluding carboxylic acids is 2. The number of carbonyl (C=O) groups is 2. The van der Waals surface area contributed by atoms with Crippen LogP contribution in [0.1, 0.15) is 47.3 Å². The Morgan fingerprint density at radius 1 is 1.18 bits per heavy atom. The number of hydrogen-bond donors (Lipinski definition) is 1. The van der Waals surface area contributed by atoms with Gasteiger partial charge in [0.05, 0.1) is 42.7 Å². The lowest BCUT2D eigenvalue weighted by Gasteiger charge is -2.33. The van der Waals surface area contributed by atoms with Crippen LogP contribution in [-0.4, -0.2) is 51.8 Å². The molecule has 1 N–H and O–H groups in total. The zero-order chi connectivity index (χ0) is 22.9. The summed E-state index contributed by atoms with van der Waals surface area (Å²) >= 11 is 0. The van der Waals surface area contributed by atoms with Gasteiger partial charge in [0.25, 0.3) is 11.8 Å². The van der Waals surface area contributed by atoms with Crippen LogP contribution in [0.15, 0.2) is 49.1 Å². The van der Waals surface area contributed by atoms with E-state index in [1.807, 2.05) is 0 Å². The normalized spacial score (nSPS) is 15.1. The molecule has 0 fully saturated rings. The predicted octanol–water partition coefficient (Wildman–Crippen LogP) is 4.06. The van der Waals surface area contributed by atoms with Crippen molar-refractivity contribution in [3.63, 3.8) is 0 Å². The fraction of sp³-hybridized carbons (Fsp3) is 0.318. The number of halogens is 3. The van der Waals surface area contributed by atoms with Crippen LogP contribution in [-0.2, 0) is 10.9 Å². The number of ether oxygens (including phenoxy) is 1. The van der Waals surface area contributed by atoms with Crippen LogP contribution in [0.25, 0.3) is 0 Å². The number of nitrogens with one attached hydrogen (secondary N) is 1. The third-order valence-corrected chi connectivity index (χ3v) is 4.90. The Bertz CT molecular complexity index is 1130. The van der Waals surface area contributed by atoms with E-state index in [0.29, 0.717) is 0 Å². The number of benzene rings is 1. The molecular weight excluding hydrogens is 453 g/mol. The number of hydrogen-bond acceptors (Lipinski definition) is 6. The average molecular weight is 478 g/mol. The highest BCUT2D eigenvalue weighted by molar-refractivity contribution is 6.15. The van der Waals surface area contributed by atoms with E-state index >= 15 is 0 Å². The Kier molecular flexibility index (Phi) is 8.11. The minimum absolute atomic E-state index is 0. The molecule has 0 aliphatic carbocycles. The lowest BCUT2D eigenvalue weighted by molar-refractivity contribution is -0.137. The third kappa shape index (κ3) is 5.06. The van der Waals surface area contributed by atoms with Crippen LogP contribution in [0.4, 0.5) is 24.7 Å². The van der Waals surface area contributed by atoms with E-state index in [1.54, 1.807) is 0 Å². The zero-order valence-electron chi connectivity index (χ0n) is 16.7. The fourth-order valence-electron chi connectivity index (χ4n) is 3.43. The van der Waals surface area contributed by atoms with Gasteiger partial charge in [0, 0.05) is 25.2 Å². The Morgan fingerprint density at radius 3 is 2.47 bits per heavy atom. The van der Waals surface area contributed by atoms with E-state index < -0.39 is 29.6 Å². The minimum Gasteiger partial charge on any atom is -0.382 e. The van der Waals surface area contributed by atoms with Crippen molar-refractivity contribution in [2.75, 3.05) is 30.5 Å². The summed E-state index contributed by atoms with van der Waals surface area (Å²) in [5, 5.41) is 6.74. The highest BCUT2D eigenvalue weighted by atomic mass is 19.4. The number of alkyl halides is 3. The molecule has 0 saturated carbocycles. The van der Waals surface area contributed by atoms with Crippen molar-refractivity contribution in [2.45, 2.75) is 27.1 Å². The number of aromatic nitrogens is 4. The molecule has 1 atom stereocenters. The number of fused-ring (bicyclic) bond motifs is 1. The smallest absolute Gasteiger partial charge is 0.382 e. The molecule has 0 radical (unpaired) electrons. The summed E-state index contributed by atoms with van der Waals surface area (Å²) in [6.07, 6.45) is 0.955. The number of rotatable bonds is 5. The van der Waals surface area contributed by atoms with Crippen LogP contribution >= 0.6 is 0 Å². The number of amides is 2. The van der Waals surface area contributed by atoms with Crippen LogP contribution in [0.3, 0.4) is 0 Å². The highest BCUT2D eigenvalue weighted by Gasteiger charge is 2.37. The number of anilines is 2. The van der Waals surface area contributed by atoms with Crippen molar-refractivity contribution in [1.82, 2.24) is 19.7 Å². The summed E-state index contributed by atoms with van der Waals surface area (Å²) in [5.74, 6) is -1.00. The summed E-state index contributed by atoms with van der Waals surface area (Å²) in [7, 11) is 1.48. The number of methoxy groups -OCH3 is 1. The highest BCUT2D eigenvalue weighted by Crippen LogP contribution is 2.33. The lowest BCUT2D eigenvalue weighted by Crippen LogP contribution is -2.45. The molecule has 0 bridgehead atoms. The second-order valence-electron chi connectivity index (χ2n) is 6.97. The summed E-state index contributed by atoms with van der Waals surface area (Å²) in [5.41, 5.74) is -0.567. The first kappa shape index (κ1) is 26.5. The molecule has 1 unspecified atom stereocenters. The molecule has 0 saturated heterocycles. The second kappa shape index (κ2) is 10.4. The lowest BCUT2D eigenvalue weighted by atomic mass is 10.1. The second-order valence-corrected chi connectivity index (χ2v) is 6.97. The van der Waals surface area contributed by atoms with Crippen LogP contribution in [0.2, 0.25) is 0 Å². The summed E-state index contributed by atoms with van der Waals surface area (Å²) in [6.45, 7) is 0.280. The SMILES string of the molecule is C.C.COCC1CN(c2ccc(C(F)(F)F)cc2)C(=O)c2c(C(=O)Nc3cnccn3)cnn21. The molecular formula is C22H25F3N6O3. The summed E-state index contributed by atoms with van der Waals surface area (Å²) in [4.78, 5) is 35.2. The van der Waals surface area contributed by atoms with Gasteiger partial charge < -0.3 is 15.0 Å². The Balaban J connectivity index is 0.00000204. The average Bonchev–Trinajstić information content (AvgIpc) is 3.22. The van der Waals surface area contributed by atoms with Gasteiger partial charge in [0.15, 0.2) is 5.82 Å². The van der Waals surface area contributed by atoms with E-state index in [9.17, 15) is 22.8 Å². The third-order valence-electron chi connectivity index (χ3n) is 4.90. The Hall–Kier alpha value is -3.80. The molecule has 34 heavy (non-hydrogen) atoms. The van der Waals surface area contributed by atoms with Gasteiger partial charge in [-0.15, -0.1) is 0 Å². The zero-order valence-corrected chi connectivity index (χ0v) is 16.7. The van der Waals surface area contributed by atoms with Crippen molar-refractivity contribution in [3.8, 4) is 0 Å². The summed E-state index contributed by atoms with van der Waals surface area (Å²) in [6, 6.07) is 3.79. The molecule has 1 aliphatic heterocycles. The van der Waals surface area contributed by atoms with Crippen molar-refractivity contribution < 1.29 is 27.5 Å². The van der Waals surface area contributed by atoms with E-state index in [-0.39, 0.29) is 50.8 Å². The van der Waals surface area contributed by atoms with Crippen LogP contribution in [0, 0.1) is 0 Å². The van der Waals surface area contributed by atoms with Gasteiger partial charge in [-0.3, -0.25) is 19.3 Å². The van der Waals surface area contributed by atoms with Gasteiger partial charge >= 0.3 is 6.18 Å². The van der Waals surface area contributed by atoms with Gasteiger partial charge in [-0.05, 0) is 24.3 Å². The van der Waals surface area contributed by atoms with Gasteiger partial charge in [0.2, 0.25) is 0 Å². The Morgan fingerprint density at radius 2 is 1.88 bits per heavy atom. The maximum absolute atomic E-state index is 13.3. The molecule has 3 aromatic rings. The predicted molar refractivity (Wildman–Crippen MR) is 120 cm³/mol. The maximum atomic E-state index is 13.3. The quantitative estimate of drug-likeness (QED) is 0.593. The van der Waals surface area contributed by atoms with E-state index in [1.165, 1.54) is 53.6 Å². The molecule has 0 spiro atoms. The van der Waals surface area contributed by atoms with Crippen LogP contribution in [0.5, 0.6) is 0 Å². The molecule has 4 rings (SSSR count). The van der Waals surface area contributed by atoms with E-state index in [4.69, 9.17) is 4.74 Å². The van der Waals surface area contributed by atoms with Crippen molar-refractivity contribution >= 4 is 23.3 Å². The Labute approximate surface area is 194 Å². The molecule has 12 heteroatoms. The van der Waals surface area contributed by atoms with E-state index in [0.717, 1.165) is 12.1 Å². The monoisotopic (exact) mass is 478 g/mol. The van der Waals surface area contributed by atoms with Crippen molar-refractivity contribution in [2.24, 2.45) is 0 Å². The largest absolute Gasteiger partial charge is 0.416 e. The maximum Gasteiger partial charge on any atom is 0.416 e. The van der Waals surface area contributed by atoms with Gasteiger partial charge in [-0.2, -0.15) is 18.3 Å². The van der Waals surface area contributed by atoms with E-state index in [2.05, 4.69) is 20.4 Å². The topological polar surface area (TPSA) is 102 Å². The first-order valence-corrected chi connectivity index (χ1v) is 9.42. The first-order valence-electron chi connectivity index (χ1n) is 9.42. The molecule has 9 nitrogen and oxygen atoms in total. The fourth-order valence-corrected chi connectivity index (χ4v) is 3.43. The molecule has 1 aliphatic rings. The van der Waals surface area contributed by atoms with Crippen molar-refractivity contribution in [1.29, 1.82) is 0 Å². The molecule has 2 aromatic heterocycles.